The van der Waals surface area contributed by atoms with Gasteiger partial charge in [-0.05, 0) is 83.1 Å². The zero-order valence-electron chi connectivity index (χ0n) is 20.8. The maximum absolute atomic E-state index is 12.9. The quantitative estimate of drug-likeness (QED) is 0.331. The molecule has 4 aromatic carbocycles. The Hall–Kier alpha value is -4.20. The van der Waals surface area contributed by atoms with E-state index in [-0.39, 0.29) is 24.2 Å². The summed E-state index contributed by atoms with van der Waals surface area (Å²) in [7, 11) is 0. The first-order valence-corrected chi connectivity index (χ1v) is 12.1. The Labute approximate surface area is 227 Å². The largest absolute Gasteiger partial charge is 0.480 e. The van der Waals surface area contributed by atoms with Crippen LogP contribution in [0.3, 0.4) is 0 Å². The summed E-state index contributed by atoms with van der Waals surface area (Å²) >= 11 is 0. The lowest BCUT2D eigenvalue weighted by atomic mass is 10.1. The Morgan fingerprint density at radius 2 is 1.53 bits per heavy atom. The summed E-state index contributed by atoms with van der Waals surface area (Å²) in [6.45, 7) is -0.0972. The lowest BCUT2D eigenvalue weighted by Crippen LogP contribution is -2.35. The SMILES string of the molecule is Cl.NC(=O)c1ccc2c(c1)CCC2.NCc1cccc(C(=O)N(CC(=O)O)c2ccc3ccccc3c2)c1. The Morgan fingerprint density at radius 1 is 0.789 bits per heavy atom. The van der Waals surface area contributed by atoms with Gasteiger partial charge in [-0.1, -0.05) is 48.5 Å². The van der Waals surface area contributed by atoms with Crippen LogP contribution >= 0.6 is 12.4 Å². The normalized spacial score (nSPS) is 11.5. The van der Waals surface area contributed by atoms with Gasteiger partial charge in [0.2, 0.25) is 5.91 Å². The van der Waals surface area contributed by atoms with E-state index >= 15 is 0 Å². The van der Waals surface area contributed by atoms with E-state index in [0.29, 0.717) is 23.4 Å². The number of nitrogens with zero attached hydrogens (tertiary/aromatic N) is 1. The second-order valence-electron chi connectivity index (χ2n) is 8.92. The van der Waals surface area contributed by atoms with E-state index in [0.717, 1.165) is 29.2 Å². The highest BCUT2D eigenvalue weighted by atomic mass is 35.5. The number of hydrogen-bond donors (Lipinski definition) is 3. The molecule has 0 saturated carbocycles. The number of benzene rings is 4. The van der Waals surface area contributed by atoms with E-state index in [1.165, 1.54) is 22.4 Å². The van der Waals surface area contributed by atoms with Gasteiger partial charge in [0, 0.05) is 23.4 Å². The van der Waals surface area contributed by atoms with Gasteiger partial charge in [0.25, 0.3) is 5.91 Å². The molecule has 0 bridgehead atoms. The molecule has 0 saturated heterocycles. The molecule has 1 aliphatic carbocycles. The molecular formula is C30H30ClN3O4. The second kappa shape index (κ2) is 12.9. The fourth-order valence-corrected chi connectivity index (χ4v) is 4.47. The number of carboxylic acids is 1. The van der Waals surface area contributed by atoms with Crippen LogP contribution in [0.1, 0.15) is 43.8 Å². The molecule has 0 radical (unpaired) electrons. The molecule has 0 heterocycles. The maximum atomic E-state index is 12.9. The molecule has 0 spiro atoms. The molecule has 5 N–H and O–H groups in total. The first kappa shape index (κ1) is 28.4. The molecule has 0 atom stereocenters. The number of hydrogen-bond acceptors (Lipinski definition) is 4. The van der Waals surface area contributed by atoms with Crippen LogP contribution in [0.2, 0.25) is 0 Å². The average molecular weight is 532 g/mol. The van der Waals surface area contributed by atoms with Crippen molar-refractivity contribution in [2.45, 2.75) is 25.8 Å². The molecule has 5 rings (SSSR count). The van der Waals surface area contributed by atoms with Crippen molar-refractivity contribution in [3.63, 3.8) is 0 Å². The van der Waals surface area contributed by atoms with Crippen molar-refractivity contribution < 1.29 is 19.5 Å². The average Bonchev–Trinajstić information content (AvgIpc) is 3.39. The smallest absolute Gasteiger partial charge is 0.323 e. The number of anilines is 1. The number of primary amides is 1. The molecule has 0 aliphatic heterocycles. The number of amides is 2. The fraction of sp³-hybridized carbons (Fsp3) is 0.167. The van der Waals surface area contributed by atoms with Crippen molar-refractivity contribution in [1.29, 1.82) is 0 Å². The third-order valence-corrected chi connectivity index (χ3v) is 6.38. The van der Waals surface area contributed by atoms with Crippen LogP contribution < -0.4 is 16.4 Å². The van der Waals surface area contributed by atoms with E-state index in [1.54, 1.807) is 24.3 Å². The van der Waals surface area contributed by atoms with Gasteiger partial charge in [-0.15, -0.1) is 12.4 Å². The number of fused-ring (bicyclic) bond motifs is 2. The molecule has 4 aromatic rings. The number of aliphatic carboxylic acids is 1. The van der Waals surface area contributed by atoms with E-state index in [9.17, 15) is 19.5 Å². The summed E-state index contributed by atoms with van der Waals surface area (Å²) in [6, 6.07) is 25.9. The predicted octanol–water partition coefficient (Wildman–Crippen LogP) is 4.73. The molecule has 0 fully saturated rings. The fourth-order valence-electron chi connectivity index (χ4n) is 4.47. The number of carboxylic acid groups (broad SMARTS) is 1. The van der Waals surface area contributed by atoms with Crippen LogP contribution in [0, 0.1) is 0 Å². The van der Waals surface area contributed by atoms with Gasteiger partial charge in [0.1, 0.15) is 6.54 Å². The number of rotatable bonds is 6. The van der Waals surface area contributed by atoms with Gasteiger partial charge in [-0.25, -0.2) is 0 Å². The predicted molar refractivity (Wildman–Crippen MR) is 152 cm³/mol. The Morgan fingerprint density at radius 3 is 2.24 bits per heavy atom. The van der Waals surface area contributed by atoms with Crippen LogP contribution in [0.25, 0.3) is 10.8 Å². The summed E-state index contributed by atoms with van der Waals surface area (Å²) < 4.78 is 0. The molecular weight excluding hydrogens is 502 g/mol. The van der Waals surface area contributed by atoms with Crippen LogP contribution in [0.4, 0.5) is 5.69 Å². The van der Waals surface area contributed by atoms with Crippen molar-refractivity contribution in [2.75, 3.05) is 11.4 Å². The molecule has 2 amide bonds. The number of aryl methyl sites for hydroxylation is 2. The van der Waals surface area contributed by atoms with E-state index in [4.69, 9.17) is 11.5 Å². The van der Waals surface area contributed by atoms with Gasteiger partial charge in [-0.2, -0.15) is 0 Å². The Kier molecular flexibility index (Phi) is 9.60. The third-order valence-electron chi connectivity index (χ3n) is 6.38. The molecule has 0 aromatic heterocycles. The highest BCUT2D eigenvalue weighted by Crippen LogP contribution is 2.24. The molecule has 0 unspecified atom stereocenters. The zero-order chi connectivity index (χ0) is 26.4. The van der Waals surface area contributed by atoms with Gasteiger partial charge in [0.05, 0.1) is 0 Å². The van der Waals surface area contributed by atoms with Gasteiger partial charge in [0.15, 0.2) is 0 Å². The first-order chi connectivity index (χ1) is 17.9. The van der Waals surface area contributed by atoms with E-state index < -0.39 is 12.5 Å². The van der Waals surface area contributed by atoms with Gasteiger partial charge < -0.3 is 16.6 Å². The molecule has 8 heteroatoms. The first-order valence-electron chi connectivity index (χ1n) is 12.1. The highest BCUT2D eigenvalue weighted by Gasteiger charge is 2.21. The van der Waals surface area contributed by atoms with Crippen molar-refractivity contribution >= 4 is 46.7 Å². The van der Waals surface area contributed by atoms with Gasteiger partial charge >= 0.3 is 5.97 Å². The summed E-state index contributed by atoms with van der Waals surface area (Å²) in [4.78, 5) is 36.3. The molecule has 38 heavy (non-hydrogen) atoms. The second-order valence-corrected chi connectivity index (χ2v) is 8.92. The Balaban J connectivity index is 0.000000258. The summed E-state index contributed by atoms with van der Waals surface area (Å²) in [5.41, 5.74) is 15.9. The topological polar surface area (TPSA) is 127 Å². The zero-order valence-corrected chi connectivity index (χ0v) is 21.6. The number of carbonyl (C=O) groups excluding carboxylic acids is 2. The van der Waals surface area contributed by atoms with E-state index in [1.807, 2.05) is 60.7 Å². The van der Waals surface area contributed by atoms with Crippen LogP contribution in [-0.2, 0) is 24.2 Å². The van der Waals surface area contributed by atoms with Crippen LogP contribution in [0.5, 0.6) is 0 Å². The van der Waals surface area contributed by atoms with Gasteiger partial charge in [-0.3, -0.25) is 19.3 Å². The monoisotopic (exact) mass is 531 g/mol. The van der Waals surface area contributed by atoms with E-state index in [2.05, 4.69) is 0 Å². The maximum Gasteiger partial charge on any atom is 0.323 e. The van der Waals surface area contributed by atoms with Crippen LogP contribution in [0.15, 0.2) is 84.9 Å². The number of nitrogens with two attached hydrogens (primary N) is 2. The summed E-state index contributed by atoms with van der Waals surface area (Å²) in [5.74, 6) is -1.77. The highest BCUT2D eigenvalue weighted by molar-refractivity contribution is 6.09. The number of carbonyl (C=O) groups is 3. The lowest BCUT2D eigenvalue weighted by molar-refractivity contribution is -0.135. The standard InChI is InChI=1S/C20H18N2O3.C10H11NO.ClH/c21-12-14-4-3-7-17(10-14)20(25)22(13-19(23)24)18-9-8-15-5-1-2-6-16(15)11-18;11-10(12)9-5-4-7-2-1-3-8(7)6-9;/h1-11H,12-13,21H2,(H,23,24);4-6H,1-3H2,(H2,11,12);1H. The van der Waals surface area contributed by atoms with Crippen molar-refractivity contribution in [2.24, 2.45) is 11.5 Å². The minimum absolute atomic E-state index is 0. The molecule has 1 aliphatic rings. The minimum atomic E-state index is -1.07. The van der Waals surface area contributed by atoms with Crippen LogP contribution in [-0.4, -0.2) is 29.4 Å². The lowest BCUT2D eigenvalue weighted by Gasteiger charge is -2.21. The summed E-state index contributed by atoms with van der Waals surface area (Å²) in [5, 5.41) is 11.2. The molecule has 196 valence electrons. The summed E-state index contributed by atoms with van der Waals surface area (Å²) in [6.07, 6.45) is 3.45. The molecule has 7 nitrogen and oxygen atoms in total. The minimum Gasteiger partial charge on any atom is -0.480 e. The Bertz CT molecular complexity index is 1470. The number of halogens is 1. The third kappa shape index (κ3) is 6.76. The van der Waals surface area contributed by atoms with Crippen molar-refractivity contribution in [3.05, 3.63) is 113 Å². The van der Waals surface area contributed by atoms with Crippen molar-refractivity contribution in [1.82, 2.24) is 0 Å². The van der Waals surface area contributed by atoms with Crippen molar-refractivity contribution in [3.8, 4) is 0 Å².